The Labute approximate surface area is 173 Å². The predicted molar refractivity (Wildman–Crippen MR) is 111 cm³/mol. The Morgan fingerprint density at radius 2 is 1.72 bits per heavy atom. The zero-order valence-corrected chi connectivity index (χ0v) is 17.4. The molecule has 1 aromatic carbocycles. The van der Waals surface area contributed by atoms with Gasteiger partial charge in [0.2, 0.25) is 12.7 Å². The Kier molecular flexibility index (Phi) is 5.64. The van der Waals surface area contributed by atoms with Crippen molar-refractivity contribution in [2.24, 2.45) is 5.92 Å². The van der Waals surface area contributed by atoms with Gasteiger partial charge in [0.15, 0.2) is 11.5 Å². The van der Waals surface area contributed by atoms with Gasteiger partial charge in [-0.25, -0.2) is 0 Å². The number of benzene rings is 1. The van der Waals surface area contributed by atoms with E-state index in [2.05, 4.69) is 26.8 Å². The SMILES string of the molecule is O=C(C1CCCN(C2CCN(Cc3ccc4c(c3)OCO4)CC2)C1)N1CCCC1. The quantitative estimate of drug-likeness (QED) is 0.779. The van der Waals surface area contributed by atoms with Gasteiger partial charge in [0.05, 0.1) is 5.92 Å². The summed E-state index contributed by atoms with van der Waals surface area (Å²) in [6.07, 6.45) is 7.02. The first-order valence-corrected chi connectivity index (χ1v) is 11.4. The molecular formula is C23H33N3O3. The maximum atomic E-state index is 12.8. The number of amides is 1. The predicted octanol–water partition coefficient (Wildman–Crippen LogP) is 2.71. The van der Waals surface area contributed by atoms with E-state index >= 15 is 0 Å². The first-order valence-electron chi connectivity index (χ1n) is 11.4. The van der Waals surface area contributed by atoms with Gasteiger partial charge in [0.25, 0.3) is 0 Å². The van der Waals surface area contributed by atoms with Gasteiger partial charge in [-0.15, -0.1) is 0 Å². The number of hydrogen-bond donors (Lipinski definition) is 0. The lowest BCUT2D eigenvalue weighted by atomic mass is 9.93. The van der Waals surface area contributed by atoms with Crippen molar-refractivity contribution in [1.82, 2.24) is 14.7 Å². The Hall–Kier alpha value is -1.79. The van der Waals surface area contributed by atoms with Crippen LogP contribution in [0.3, 0.4) is 0 Å². The molecule has 0 saturated carbocycles. The van der Waals surface area contributed by atoms with Crippen molar-refractivity contribution < 1.29 is 14.3 Å². The van der Waals surface area contributed by atoms with Crippen LogP contribution < -0.4 is 9.47 Å². The monoisotopic (exact) mass is 399 g/mol. The molecular weight excluding hydrogens is 366 g/mol. The number of piperidine rings is 2. The molecule has 6 nitrogen and oxygen atoms in total. The van der Waals surface area contributed by atoms with Crippen molar-refractivity contribution in [2.75, 3.05) is 46.1 Å². The molecule has 0 bridgehead atoms. The van der Waals surface area contributed by atoms with Crippen molar-refractivity contribution >= 4 is 5.91 Å². The lowest BCUT2D eigenvalue weighted by Crippen LogP contribution is -2.51. The van der Waals surface area contributed by atoms with Crippen molar-refractivity contribution in [3.05, 3.63) is 23.8 Å². The highest BCUT2D eigenvalue weighted by Gasteiger charge is 2.34. The van der Waals surface area contributed by atoms with Crippen LogP contribution in [-0.2, 0) is 11.3 Å². The minimum Gasteiger partial charge on any atom is -0.454 e. The molecule has 3 fully saturated rings. The number of carbonyl (C=O) groups is 1. The summed E-state index contributed by atoms with van der Waals surface area (Å²) in [5, 5.41) is 0. The fraction of sp³-hybridized carbons (Fsp3) is 0.696. The molecule has 6 heteroatoms. The third-order valence-corrected chi connectivity index (χ3v) is 7.14. The average molecular weight is 400 g/mol. The first kappa shape index (κ1) is 19.2. The Bertz CT molecular complexity index is 726. The lowest BCUT2D eigenvalue weighted by molar-refractivity contribution is -0.136. The lowest BCUT2D eigenvalue weighted by Gasteiger charge is -2.42. The van der Waals surface area contributed by atoms with E-state index in [1.54, 1.807) is 0 Å². The average Bonchev–Trinajstić information content (AvgIpc) is 3.46. The fourth-order valence-corrected chi connectivity index (χ4v) is 5.48. The zero-order chi connectivity index (χ0) is 19.6. The van der Waals surface area contributed by atoms with Gasteiger partial charge in [-0.3, -0.25) is 14.6 Å². The van der Waals surface area contributed by atoms with Gasteiger partial charge >= 0.3 is 0 Å². The normalized spacial score (nSPS) is 26.2. The van der Waals surface area contributed by atoms with E-state index in [-0.39, 0.29) is 5.92 Å². The molecule has 0 N–H and O–H groups in total. The minimum atomic E-state index is 0.230. The molecule has 4 heterocycles. The molecule has 3 saturated heterocycles. The summed E-state index contributed by atoms with van der Waals surface area (Å²) in [5.41, 5.74) is 1.29. The van der Waals surface area contributed by atoms with Crippen LogP contribution >= 0.6 is 0 Å². The van der Waals surface area contributed by atoms with Gasteiger partial charge in [0, 0.05) is 32.2 Å². The minimum absolute atomic E-state index is 0.230. The van der Waals surface area contributed by atoms with Crippen molar-refractivity contribution in [1.29, 1.82) is 0 Å². The second-order valence-corrected chi connectivity index (χ2v) is 9.06. The summed E-state index contributed by atoms with van der Waals surface area (Å²) in [4.78, 5) is 20.1. The standard InChI is InChI=1S/C23H33N3O3/c27-23(25-9-1-2-10-25)19-4-3-11-26(16-19)20-7-12-24(13-8-20)15-18-5-6-21-22(14-18)29-17-28-21/h5-6,14,19-20H,1-4,7-13,15-17H2. The summed E-state index contributed by atoms with van der Waals surface area (Å²) in [6, 6.07) is 6.93. The van der Waals surface area contributed by atoms with Gasteiger partial charge in [-0.05, 0) is 75.9 Å². The van der Waals surface area contributed by atoms with Crippen LogP contribution in [-0.4, -0.2) is 72.7 Å². The number of carbonyl (C=O) groups excluding carboxylic acids is 1. The summed E-state index contributed by atoms with van der Waals surface area (Å²) >= 11 is 0. The van der Waals surface area contributed by atoms with Crippen molar-refractivity contribution in [2.45, 2.75) is 51.1 Å². The molecule has 5 rings (SSSR count). The third-order valence-electron chi connectivity index (χ3n) is 7.14. The Balaban J connectivity index is 1.12. The number of hydrogen-bond acceptors (Lipinski definition) is 5. The Morgan fingerprint density at radius 3 is 2.55 bits per heavy atom. The molecule has 4 aliphatic rings. The van der Waals surface area contributed by atoms with E-state index in [9.17, 15) is 4.79 Å². The van der Waals surface area contributed by atoms with E-state index < -0.39 is 0 Å². The molecule has 29 heavy (non-hydrogen) atoms. The highest BCUT2D eigenvalue weighted by Crippen LogP contribution is 2.33. The maximum Gasteiger partial charge on any atom is 0.231 e. The molecule has 1 unspecified atom stereocenters. The van der Waals surface area contributed by atoms with E-state index in [0.717, 1.165) is 63.7 Å². The third kappa shape index (κ3) is 4.24. The summed E-state index contributed by atoms with van der Waals surface area (Å²) < 4.78 is 10.9. The van der Waals surface area contributed by atoms with Crippen LogP contribution in [0.4, 0.5) is 0 Å². The molecule has 1 aromatic rings. The second kappa shape index (κ2) is 8.52. The van der Waals surface area contributed by atoms with Gasteiger partial charge in [-0.2, -0.15) is 0 Å². The van der Waals surface area contributed by atoms with Crippen molar-refractivity contribution in [3.63, 3.8) is 0 Å². The van der Waals surface area contributed by atoms with E-state index in [1.165, 1.54) is 37.7 Å². The smallest absolute Gasteiger partial charge is 0.231 e. The summed E-state index contributed by atoms with van der Waals surface area (Å²) in [7, 11) is 0. The maximum absolute atomic E-state index is 12.8. The highest BCUT2D eigenvalue weighted by molar-refractivity contribution is 5.79. The van der Waals surface area contributed by atoms with Gasteiger partial charge < -0.3 is 14.4 Å². The van der Waals surface area contributed by atoms with Crippen LogP contribution in [0.2, 0.25) is 0 Å². The molecule has 0 aromatic heterocycles. The first-order chi connectivity index (χ1) is 14.3. The molecule has 0 spiro atoms. The van der Waals surface area contributed by atoms with Gasteiger partial charge in [-0.1, -0.05) is 6.07 Å². The fourth-order valence-electron chi connectivity index (χ4n) is 5.48. The molecule has 1 amide bonds. The molecule has 0 aliphatic carbocycles. The number of fused-ring (bicyclic) bond motifs is 1. The van der Waals surface area contributed by atoms with Crippen LogP contribution in [0.15, 0.2) is 18.2 Å². The number of ether oxygens (including phenoxy) is 2. The van der Waals surface area contributed by atoms with Gasteiger partial charge in [0.1, 0.15) is 0 Å². The molecule has 0 radical (unpaired) electrons. The van der Waals surface area contributed by atoms with E-state index in [4.69, 9.17) is 9.47 Å². The summed E-state index contributed by atoms with van der Waals surface area (Å²) in [6.45, 7) is 7.65. The van der Waals surface area contributed by atoms with Crippen LogP contribution in [0, 0.1) is 5.92 Å². The van der Waals surface area contributed by atoms with Crippen LogP contribution in [0.1, 0.15) is 44.1 Å². The number of likely N-dealkylation sites (tertiary alicyclic amines) is 3. The molecule has 4 aliphatic heterocycles. The largest absolute Gasteiger partial charge is 0.454 e. The number of nitrogens with zero attached hydrogens (tertiary/aromatic N) is 3. The molecule has 1 atom stereocenters. The van der Waals surface area contributed by atoms with Crippen molar-refractivity contribution in [3.8, 4) is 11.5 Å². The number of rotatable bonds is 4. The second-order valence-electron chi connectivity index (χ2n) is 9.06. The van der Waals surface area contributed by atoms with Crippen LogP contribution in [0.25, 0.3) is 0 Å². The summed E-state index contributed by atoms with van der Waals surface area (Å²) in [5.74, 6) is 2.39. The van der Waals surface area contributed by atoms with E-state index in [0.29, 0.717) is 18.7 Å². The Morgan fingerprint density at radius 1 is 0.931 bits per heavy atom. The van der Waals surface area contributed by atoms with E-state index in [1.807, 2.05) is 6.07 Å². The zero-order valence-electron chi connectivity index (χ0n) is 17.4. The van der Waals surface area contributed by atoms with Crippen LogP contribution in [0.5, 0.6) is 11.5 Å². The highest BCUT2D eigenvalue weighted by atomic mass is 16.7. The topological polar surface area (TPSA) is 45.3 Å². The molecule has 158 valence electrons.